The number of hydrogen-bond donors (Lipinski definition) is 4. The molecule has 43 heavy (non-hydrogen) atoms. The van der Waals surface area contributed by atoms with Crippen LogP contribution >= 0.6 is 11.8 Å². The smallest absolute Gasteiger partial charge is 0.315 e. The Bertz CT molecular complexity index is 1230. The first-order chi connectivity index (χ1) is 20.9. The van der Waals surface area contributed by atoms with E-state index in [0.29, 0.717) is 81.2 Å². The summed E-state index contributed by atoms with van der Waals surface area (Å²) in [7, 11) is 0. The lowest BCUT2D eigenvalue weighted by molar-refractivity contribution is -0.119. The maximum Gasteiger partial charge on any atom is 0.315 e. The van der Waals surface area contributed by atoms with Gasteiger partial charge >= 0.3 is 6.03 Å². The van der Waals surface area contributed by atoms with Gasteiger partial charge in [-0.1, -0.05) is 12.5 Å². The van der Waals surface area contributed by atoms with E-state index in [0.717, 1.165) is 36.3 Å². The number of ketones is 1. The standard InChI is InChI=1S/C31H43N5O6S/c1-21-16-22(19-32)17-28(34-21)42-25-9-4-6-23(18-25)30(38)33-11-13-41-15-14-40-12-5-8-24(37)7-2-3-10-27-29-26(20-43-27)35-31(39)36-29/h4,6,9,16-18,26-27,29H,2-3,5,7-8,10-15,19-20,32H2,1H3,(H,33,38)(H2,35,36,39)/t26-,27-,29-/m0/s1. The molecule has 0 unspecified atom stereocenters. The molecule has 12 heteroatoms. The van der Waals surface area contributed by atoms with Crippen molar-refractivity contribution >= 4 is 29.5 Å². The van der Waals surface area contributed by atoms with Gasteiger partial charge in [-0.2, -0.15) is 11.8 Å². The van der Waals surface area contributed by atoms with E-state index in [1.165, 1.54) is 0 Å². The van der Waals surface area contributed by atoms with Gasteiger partial charge in [0.05, 0.1) is 31.9 Å². The molecule has 3 heterocycles. The van der Waals surface area contributed by atoms with E-state index in [9.17, 15) is 14.4 Å². The number of urea groups is 1. The summed E-state index contributed by atoms with van der Waals surface area (Å²) in [4.78, 5) is 40.5. The molecule has 0 bridgehead atoms. The monoisotopic (exact) mass is 613 g/mol. The summed E-state index contributed by atoms with van der Waals surface area (Å²) < 4.78 is 17.0. The summed E-state index contributed by atoms with van der Waals surface area (Å²) in [6, 6.07) is 11.0. The Hall–Kier alpha value is -3.19. The molecule has 11 nitrogen and oxygen atoms in total. The number of fused-ring (bicyclic) bond motifs is 1. The minimum atomic E-state index is -0.222. The molecule has 1 aromatic heterocycles. The fourth-order valence-corrected chi connectivity index (χ4v) is 6.71. The number of aromatic nitrogens is 1. The van der Waals surface area contributed by atoms with Crippen molar-refractivity contribution in [2.75, 3.05) is 38.7 Å². The number of nitrogens with two attached hydrogens (primary N) is 1. The summed E-state index contributed by atoms with van der Waals surface area (Å²) in [6.45, 7) is 4.37. The Labute approximate surface area is 257 Å². The zero-order valence-corrected chi connectivity index (χ0v) is 25.6. The summed E-state index contributed by atoms with van der Waals surface area (Å²) in [5.74, 6) is 1.96. The molecule has 0 spiro atoms. The van der Waals surface area contributed by atoms with Gasteiger partial charge < -0.3 is 35.9 Å². The average Bonchev–Trinajstić information content (AvgIpc) is 3.55. The van der Waals surface area contributed by atoms with Gasteiger partial charge in [-0.15, -0.1) is 0 Å². The minimum absolute atomic E-state index is 0.0579. The van der Waals surface area contributed by atoms with E-state index in [4.69, 9.17) is 19.9 Å². The Morgan fingerprint density at radius 2 is 1.86 bits per heavy atom. The highest BCUT2D eigenvalue weighted by atomic mass is 32.2. The summed E-state index contributed by atoms with van der Waals surface area (Å²) >= 11 is 1.91. The van der Waals surface area contributed by atoms with E-state index >= 15 is 0 Å². The number of nitrogens with zero attached hydrogens (tertiary/aromatic N) is 1. The Morgan fingerprint density at radius 1 is 1.05 bits per heavy atom. The third kappa shape index (κ3) is 10.8. The largest absolute Gasteiger partial charge is 0.439 e. The maximum absolute atomic E-state index is 12.5. The number of benzene rings is 1. The third-order valence-corrected chi connectivity index (χ3v) is 8.83. The van der Waals surface area contributed by atoms with Crippen LogP contribution in [0, 0.1) is 6.92 Å². The number of carbonyl (C=O) groups excluding carboxylic acids is 3. The van der Waals surface area contributed by atoms with Crippen LogP contribution in [0.4, 0.5) is 4.79 Å². The molecule has 2 aliphatic rings. The predicted octanol–water partition coefficient (Wildman–Crippen LogP) is 3.48. The molecule has 0 saturated carbocycles. The number of amides is 3. The molecule has 1 aromatic carbocycles. The molecule has 3 amide bonds. The highest BCUT2D eigenvalue weighted by Crippen LogP contribution is 2.33. The van der Waals surface area contributed by atoms with Crippen LogP contribution in [0.5, 0.6) is 11.6 Å². The number of rotatable bonds is 19. The number of thioether (sulfide) groups is 1. The molecule has 2 aromatic rings. The number of pyridine rings is 1. The summed E-state index contributed by atoms with van der Waals surface area (Å²) in [5.41, 5.74) is 7.94. The minimum Gasteiger partial charge on any atom is -0.439 e. The van der Waals surface area contributed by atoms with E-state index in [-0.39, 0.29) is 29.8 Å². The van der Waals surface area contributed by atoms with Crippen molar-refractivity contribution in [3.8, 4) is 11.6 Å². The zero-order valence-electron chi connectivity index (χ0n) is 24.8. The molecule has 234 valence electrons. The molecule has 2 fully saturated rings. The number of hydrogen-bond acceptors (Lipinski definition) is 9. The van der Waals surface area contributed by atoms with Gasteiger partial charge in [-0.05, 0) is 56.0 Å². The fourth-order valence-electron chi connectivity index (χ4n) is 5.17. The Morgan fingerprint density at radius 3 is 2.70 bits per heavy atom. The molecule has 4 rings (SSSR count). The molecule has 2 aliphatic heterocycles. The van der Waals surface area contributed by atoms with Crippen molar-refractivity contribution < 1.29 is 28.6 Å². The molecule has 5 N–H and O–H groups in total. The van der Waals surface area contributed by atoms with Gasteiger partial charge in [0.1, 0.15) is 11.5 Å². The molecular weight excluding hydrogens is 570 g/mol. The van der Waals surface area contributed by atoms with E-state index in [2.05, 4.69) is 20.9 Å². The van der Waals surface area contributed by atoms with Crippen molar-refractivity contribution in [2.24, 2.45) is 5.73 Å². The van der Waals surface area contributed by atoms with Crippen LogP contribution in [0.2, 0.25) is 0 Å². The van der Waals surface area contributed by atoms with Gasteiger partial charge in [-0.25, -0.2) is 9.78 Å². The Kier molecular flexibility index (Phi) is 13.1. The zero-order chi connectivity index (χ0) is 30.4. The first-order valence-corrected chi connectivity index (χ1v) is 16.1. The Balaban J connectivity index is 0.976. The maximum atomic E-state index is 12.5. The van der Waals surface area contributed by atoms with Crippen LogP contribution in [-0.2, 0) is 20.8 Å². The van der Waals surface area contributed by atoms with Gasteiger partial charge in [0.15, 0.2) is 0 Å². The number of carbonyl (C=O) groups is 3. The van der Waals surface area contributed by atoms with Crippen LogP contribution in [-0.4, -0.2) is 78.8 Å². The van der Waals surface area contributed by atoms with Crippen LogP contribution in [0.25, 0.3) is 0 Å². The van der Waals surface area contributed by atoms with Crippen LogP contribution in [0.3, 0.4) is 0 Å². The first kappa shape index (κ1) is 32.7. The second-order valence-corrected chi connectivity index (χ2v) is 12.1. The molecule has 3 atom stereocenters. The number of aryl methyl sites for hydroxylation is 1. The summed E-state index contributed by atoms with van der Waals surface area (Å²) in [6.07, 6.45) is 4.74. The molecule has 0 radical (unpaired) electrons. The fraction of sp³-hybridized carbons (Fsp3) is 0.548. The SMILES string of the molecule is Cc1cc(CN)cc(Oc2cccc(C(=O)NCCOCCOCCCC(=O)CCCC[C@@H]3SC[C@@H]4NC(=O)N[C@@H]43)c2)n1. The van der Waals surface area contributed by atoms with Crippen LogP contribution in [0.15, 0.2) is 36.4 Å². The van der Waals surface area contributed by atoms with Crippen LogP contribution in [0.1, 0.15) is 60.1 Å². The normalized spacial score (nSPS) is 19.0. The average molecular weight is 614 g/mol. The lowest BCUT2D eigenvalue weighted by Crippen LogP contribution is -2.36. The van der Waals surface area contributed by atoms with Crippen molar-refractivity contribution in [1.82, 2.24) is 20.9 Å². The topological polar surface area (TPSA) is 154 Å². The van der Waals surface area contributed by atoms with E-state index in [1.54, 1.807) is 30.3 Å². The number of nitrogens with one attached hydrogen (secondary N) is 3. The van der Waals surface area contributed by atoms with Gasteiger partial charge in [0, 0.05) is 60.9 Å². The molecule has 0 aliphatic carbocycles. The van der Waals surface area contributed by atoms with Gasteiger partial charge in [-0.3, -0.25) is 9.59 Å². The molecular formula is C31H43N5O6S. The first-order valence-electron chi connectivity index (χ1n) is 15.0. The summed E-state index contributed by atoms with van der Waals surface area (Å²) in [5, 5.41) is 9.25. The third-order valence-electron chi connectivity index (χ3n) is 7.32. The quantitative estimate of drug-likeness (QED) is 0.138. The van der Waals surface area contributed by atoms with E-state index in [1.807, 2.05) is 24.8 Å². The molecule has 2 saturated heterocycles. The van der Waals surface area contributed by atoms with Crippen molar-refractivity contribution in [2.45, 2.75) is 69.3 Å². The van der Waals surface area contributed by atoms with E-state index < -0.39 is 0 Å². The second-order valence-electron chi connectivity index (χ2n) is 10.8. The highest BCUT2D eigenvalue weighted by molar-refractivity contribution is 8.00. The van der Waals surface area contributed by atoms with Crippen LogP contribution < -0.4 is 26.4 Å². The predicted molar refractivity (Wildman–Crippen MR) is 166 cm³/mol. The number of ether oxygens (including phenoxy) is 3. The number of Topliss-reactive ketones (excluding diaryl/α,β-unsaturated/α-hetero) is 1. The van der Waals surface area contributed by atoms with Gasteiger partial charge in [0.25, 0.3) is 5.91 Å². The lowest BCUT2D eigenvalue weighted by Gasteiger charge is -2.16. The van der Waals surface area contributed by atoms with Crippen molar-refractivity contribution in [1.29, 1.82) is 0 Å². The van der Waals surface area contributed by atoms with Gasteiger partial charge in [0.2, 0.25) is 5.88 Å². The second kappa shape index (κ2) is 17.2. The number of unbranched alkanes of at least 4 members (excludes halogenated alkanes) is 1. The van der Waals surface area contributed by atoms with Crippen molar-refractivity contribution in [3.05, 3.63) is 53.2 Å². The van der Waals surface area contributed by atoms with Crippen molar-refractivity contribution in [3.63, 3.8) is 0 Å². The lowest BCUT2D eigenvalue weighted by atomic mass is 10.0. The highest BCUT2D eigenvalue weighted by Gasteiger charge is 2.42.